The number of hydrogen-bond donors (Lipinski definition) is 4. The van der Waals surface area contributed by atoms with Crippen LogP contribution in [-0.4, -0.2) is 215 Å². The van der Waals surface area contributed by atoms with E-state index in [0.29, 0.717) is 31.8 Å². The van der Waals surface area contributed by atoms with E-state index in [-0.39, 0.29) is 87.3 Å². The van der Waals surface area contributed by atoms with Crippen molar-refractivity contribution >= 4 is 82.4 Å². The first kappa shape index (κ1) is 108. The number of Topliss-reactive ketones (excluding diaryl/α,β-unsaturated/α-hetero) is 5. The van der Waals surface area contributed by atoms with Gasteiger partial charge in [0.15, 0.2) is 28.9 Å². The van der Waals surface area contributed by atoms with Crippen LogP contribution in [0.15, 0.2) is 12.2 Å². The summed E-state index contributed by atoms with van der Waals surface area (Å²) in [6.45, 7) is 47.7. The van der Waals surface area contributed by atoms with E-state index in [1.807, 2.05) is 68.4 Å². The minimum Gasteiger partial charge on any atom is -0.465 e. The number of ether oxygens (including phenoxy) is 4. The molecule has 26 nitrogen and oxygen atoms in total. The van der Waals surface area contributed by atoms with E-state index in [4.69, 9.17) is 18.9 Å². The van der Waals surface area contributed by atoms with E-state index < -0.39 is 204 Å². The fourth-order valence-electron chi connectivity index (χ4n) is 14.2. The molecule has 1 aliphatic heterocycles. The number of aliphatic hydroxyl groups is 1. The zero-order chi connectivity index (χ0) is 89.0. The van der Waals surface area contributed by atoms with Gasteiger partial charge in [-0.15, -0.1) is 0 Å². The van der Waals surface area contributed by atoms with E-state index >= 15 is 4.79 Å². The zero-order valence-electron chi connectivity index (χ0n) is 76.5. The molecule has 0 saturated carbocycles. The molecule has 0 aromatic heterocycles. The average Bonchev–Trinajstić information content (AvgIpc) is 0.825. The third-order valence-electron chi connectivity index (χ3n) is 21.6. The van der Waals surface area contributed by atoms with Crippen LogP contribution < -0.4 is 16.0 Å². The summed E-state index contributed by atoms with van der Waals surface area (Å²) in [6, 6.07) is -7.95. The van der Waals surface area contributed by atoms with Crippen molar-refractivity contribution in [3.05, 3.63) is 12.2 Å². The maximum atomic E-state index is 15.1. The number of aliphatic hydroxyl groups excluding tert-OH is 1. The minimum atomic E-state index is -1.42. The van der Waals surface area contributed by atoms with Gasteiger partial charge in [0.2, 0.25) is 35.4 Å². The lowest BCUT2D eigenvalue weighted by Gasteiger charge is -2.36. The van der Waals surface area contributed by atoms with Crippen LogP contribution in [0.2, 0.25) is 0 Å². The Bertz CT molecular complexity index is 3120. The molecule has 1 saturated heterocycles. The Morgan fingerprint density at radius 1 is 0.539 bits per heavy atom. The molecule has 1 aliphatic rings. The molecule has 0 aliphatic carbocycles. The first-order valence-electron chi connectivity index (χ1n) is 42.7. The van der Waals surface area contributed by atoms with Gasteiger partial charge < -0.3 is 59.6 Å². The van der Waals surface area contributed by atoms with Crippen molar-refractivity contribution in [1.82, 2.24) is 35.6 Å². The number of nitrogens with zero attached hydrogens (tertiary/aromatic N) is 4. The summed E-state index contributed by atoms with van der Waals surface area (Å²) in [7, 11) is 5.81. The molecule has 1 heterocycles. The summed E-state index contributed by atoms with van der Waals surface area (Å²) >= 11 is 0. The molecule has 0 aromatic rings. The second-order valence-electron chi connectivity index (χ2n) is 36.5. The van der Waals surface area contributed by atoms with E-state index in [9.17, 15) is 67.4 Å². The molecule has 662 valence electrons. The maximum absolute atomic E-state index is 15.1. The first-order chi connectivity index (χ1) is 53.2. The topological polar surface area (TPSA) is 345 Å². The van der Waals surface area contributed by atoms with E-state index in [1.165, 1.54) is 68.1 Å². The number of likely N-dealkylation sites (N-methyl/N-ethyl adjacent to an activating group) is 4. The highest BCUT2D eigenvalue weighted by atomic mass is 16.6. The van der Waals surface area contributed by atoms with Crippen molar-refractivity contribution in [2.45, 2.75) is 343 Å². The van der Waals surface area contributed by atoms with Crippen molar-refractivity contribution in [1.29, 1.82) is 0 Å². The molecule has 0 unspecified atom stereocenters. The lowest BCUT2D eigenvalue weighted by Crippen LogP contribution is -2.53. The Labute approximate surface area is 691 Å². The SMILES string of the molecule is C/C=C/C[C@@H](C)[C@@H](O)[C@@H]1CC(=O)[C@H](C(C)C)N(C)C(=O)[C@H](CC(C)C)CC(=O)[C@H](CC(C)C)N(C)C(=O)[C@@H](C)NC(=O)[C@H](C)CC(=O)[C@H](CC(C)C)N(C)C(=O)[C@H](C(C)C)CC(=O)[C@H]([C@@H](C)OCCCCOC(=O)[C@@H](NC(=O)OC(C)(C)C)C(C)C)N(C)C(=O)CCC(=O)[C@H](CC)NC1=O.CC(C)CCCCOC(=O)[C@@H](C)C(C)C. The number of alkyl carbamates (subject to hydrolysis) is 1. The van der Waals surface area contributed by atoms with Gasteiger partial charge in [-0.25, -0.2) is 9.59 Å². The van der Waals surface area contributed by atoms with Crippen LogP contribution in [0.5, 0.6) is 0 Å². The highest BCUT2D eigenvalue weighted by Gasteiger charge is 2.44. The summed E-state index contributed by atoms with van der Waals surface area (Å²) < 4.78 is 22.4. The van der Waals surface area contributed by atoms with Crippen LogP contribution in [0.3, 0.4) is 0 Å². The average molecular weight is 1630 g/mol. The van der Waals surface area contributed by atoms with Crippen molar-refractivity contribution in [2.24, 2.45) is 82.9 Å². The number of unbranched alkanes of at least 4 members (excludes halogenated alkanes) is 2. The highest BCUT2D eigenvalue weighted by molar-refractivity contribution is 6.00. The van der Waals surface area contributed by atoms with E-state index in [1.54, 1.807) is 96.1 Å². The monoisotopic (exact) mass is 1630 g/mol. The highest BCUT2D eigenvalue weighted by Crippen LogP contribution is 2.31. The summed E-state index contributed by atoms with van der Waals surface area (Å²) in [6.07, 6.45) is 2.94. The van der Waals surface area contributed by atoms with Crippen molar-refractivity contribution in [3.63, 3.8) is 0 Å². The molecule has 4 N–H and O–H groups in total. The van der Waals surface area contributed by atoms with Gasteiger partial charge in [0.05, 0.1) is 61.4 Å². The Morgan fingerprint density at radius 3 is 1.53 bits per heavy atom. The molecule has 7 amide bonds. The van der Waals surface area contributed by atoms with Gasteiger partial charge in [-0.1, -0.05) is 157 Å². The molecule has 1 rings (SSSR count). The molecule has 0 bridgehead atoms. The molecule has 0 spiro atoms. The van der Waals surface area contributed by atoms with Crippen LogP contribution in [-0.2, 0) is 81.3 Å². The lowest BCUT2D eigenvalue weighted by atomic mass is 9.82. The molecule has 115 heavy (non-hydrogen) atoms. The van der Waals surface area contributed by atoms with Crippen LogP contribution >= 0.6 is 0 Å². The smallest absolute Gasteiger partial charge is 0.408 e. The van der Waals surface area contributed by atoms with Crippen molar-refractivity contribution in [3.8, 4) is 0 Å². The molecule has 15 atom stereocenters. The molecule has 1 fully saturated rings. The summed E-state index contributed by atoms with van der Waals surface area (Å²) in [5.74, 6) is -12.5. The fourth-order valence-corrected chi connectivity index (χ4v) is 14.2. The standard InChI is InChI=1S/C76H131N7O17.C13H26O2/c1-26-28-31-49(15)68(90)55-42-62(87)66(48(13)14)83(25)72(94)53(36-43(3)4)40-61(86)58(38-45(7)8)80(22)71(93)51(17)77-69(91)50(16)39-60(85)57(37-44(5)6)81(23)73(95)54(46(9)10)41-63(88)67(82(24)64(89)33-32-59(84)56(27-2)78-70(55)92)52(18)98-34-29-30-35-99-74(96)65(47(11)12)79-75(97)100-76(19,20)21;1-10(2)8-6-7-9-15-13(14)12(5)11(3)4/h26,28,43-58,65-68,90H,27,29-42H2,1-25H3,(H,77,91)(H,78,92)(H,79,97);10-12H,6-9H2,1-5H3/b28-26+;/t49-,50-,51-,52-,53-,54+,55+,56+,57+,58+,65+,66+,67+,68-;12-/m10/s1. The third kappa shape index (κ3) is 39.0. The van der Waals surface area contributed by atoms with E-state index in [0.717, 1.165) is 18.8 Å². The number of hydrogen-bond acceptors (Lipinski definition) is 19. The first-order valence-corrected chi connectivity index (χ1v) is 42.7. The Balaban J connectivity index is 0.00000776. The van der Waals surface area contributed by atoms with Gasteiger partial charge >= 0.3 is 18.0 Å². The quantitative estimate of drug-likeness (QED) is 0.0225. The Hall–Kier alpha value is -6.96. The summed E-state index contributed by atoms with van der Waals surface area (Å²) in [5.41, 5.74) is -0.800. The van der Waals surface area contributed by atoms with Crippen molar-refractivity contribution < 1.29 is 91.2 Å². The lowest BCUT2D eigenvalue weighted by molar-refractivity contribution is -0.150. The maximum Gasteiger partial charge on any atom is 0.408 e. The summed E-state index contributed by atoms with van der Waals surface area (Å²) in [4.78, 5) is 204. The molecule has 0 radical (unpaired) electrons. The Morgan fingerprint density at radius 2 is 1.04 bits per heavy atom. The number of esters is 2. The summed E-state index contributed by atoms with van der Waals surface area (Å²) in [5, 5.41) is 20.1. The third-order valence-corrected chi connectivity index (χ3v) is 21.6. The number of rotatable bonds is 30. The zero-order valence-corrected chi connectivity index (χ0v) is 76.5. The number of amides is 7. The normalized spacial score (nSPS) is 23.8. The van der Waals surface area contributed by atoms with Gasteiger partial charge in [0.25, 0.3) is 0 Å². The van der Waals surface area contributed by atoms with Crippen LogP contribution in [0.4, 0.5) is 4.79 Å². The minimum absolute atomic E-state index is 0.0164. The van der Waals surface area contributed by atoms with Gasteiger partial charge in [0, 0.05) is 91.1 Å². The Kier molecular flexibility index (Phi) is 50.2. The number of ketones is 5. The van der Waals surface area contributed by atoms with Crippen LogP contribution in [0.1, 0.15) is 283 Å². The number of allylic oxidation sites excluding steroid dienone is 2. The number of carbonyl (C=O) groups is 14. The molecular weight excluding hydrogens is 1470 g/mol. The largest absolute Gasteiger partial charge is 0.465 e. The van der Waals surface area contributed by atoms with Gasteiger partial charge in [-0.2, -0.15) is 0 Å². The van der Waals surface area contributed by atoms with Gasteiger partial charge in [-0.3, -0.25) is 57.5 Å². The van der Waals surface area contributed by atoms with E-state index in [2.05, 4.69) is 29.8 Å². The molecule has 0 aromatic carbocycles. The predicted molar refractivity (Wildman–Crippen MR) is 448 cm³/mol. The van der Waals surface area contributed by atoms with Crippen LogP contribution in [0, 0.1) is 82.9 Å². The predicted octanol–water partition coefficient (Wildman–Crippen LogP) is 12.7. The van der Waals surface area contributed by atoms with Crippen molar-refractivity contribution in [2.75, 3.05) is 48.0 Å². The second kappa shape index (κ2) is 53.5. The van der Waals surface area contributed by atoms with Gasteiger partial charge in [0.1, 0.15) is 23.7 Å². The number of carbonyl (C=O) groups excluding carboxylic acids is 14. The second-order valence-corrected chi connectivity index (χ2v) is 36.5. The fraction of sp³-hybridized carbons (Fsp3) is 0.820. The van der Waals surface area contributed by atoms with Crippen LogP contribution in [0.25, 0.3) is 0 Å². The molecular formula is C89H157N7O19. The molecule has 26 heteroatoms. The number of nitrogens with one attached hydrogen (secondary N) is 3. The van der Waals surface area contributed by atoms with Gasteiger partial charge in [-0.05, 0) is 153 Å².